The van der Waals surface area contributed by atoms with Gasteiger partial charge in [-0.3, -0.25) is 0 Å². The molecule has 1 aliphatic rings. The van der Waals surface area contributed by atoms with Crippen LogP contribution in [0, 0.1) is 17.3 Å². The quantitative estimate of drug-likeness (QED) is 0.269. The molecular formula is C33H52BN3Si. The van der Waals surface area contributed by atoms with Crippen molar-refractivity contribution in [1.29, 1.82) is 0 Å². The maximum absolute atomic E-state index is 3.61. The highest BCUT2D eigenvalue weighted by Crippen LogP contribution is 2.45. The molecule has 0 aromatic heterocycles. The summed E-state index contributed by atoms with van der Waals surface area (Å²) in [6.07, 6.45) is 0. The highest BCUT2D eigenvalue weighted by atomic mass is 28.3. The van der Waals surface area contributed by atoms with Crippen molar-refractivity contribution in [1.82, 2.24) is 9.62 Å². The van der Waals surface area contributed by atoms with Gasteiger partial charge in [-0.2, -0.15) is 0 Å². The van der Waals surface area contributed by atoms with Gasteiger partial charge in [0.05, 0.1) is 0 Å². The molecule has 0 aliphatic carbocycles. The van der Waals surface area contributed by atoms with E-state index in [0.29, 0.717) is 31.0 Å². The number of benzene rings is 2. The van der Waals surface area contributed by atoms with Crippen LogP contribution in [0.25, 0.3) is 0 Å². The van der Waals surface area contributed by atoms with E-state index in [1.807, 2.05) is 0 Å². The molecule has 206 valence electrons. The molecular weight excluding hydrogens is 477 g/mol. The standard InChI is InChI=1S/C33H52BN3Si/c1-25(2)35(26(3)4)34-31(33(10,11)37(34)27(5)6)36(38(12,13)29-20-15-14-16-21-29)30-22-18-17-19-28(30)23-24-32(7,8)9/h14-22,25-27,31H,1-13H3. The topological polar surface area (TPSA) is 9.72 Å². The van der Waals surface area contributed by atoms with Crippen LogP contribution in [0.4, 0.5) is 5.69 Å². The van der Waals surface area contributed by atoms with Gasteiger partial charge in [-0.1, -0.05) is 95.8 Å². The first-order valence-corrected chi connectivity index (χ1v) is 17.5. The van der Waals surface area contributed by atoms with E-state index in [1.165, 1.54) is 10.9 Å². The minimum Gasteiger partial charge on any atom is -0.392 e. The molecule has 1 fully saturated rings. The van der Waals surface area contributed by atoms with Crippen LogP contribution in [0.5, 0.6) is 0 Å². The van der Waals surface area contributed by atoms with E-state index in [-0.39, 0.29) is 11.0 Å². The Morgan fingerprint density at radius 3 is 1.89 bits per heavy atom. The van der Waals surface area contributed by atoms with Crippen molar-refractivity contribution in [2.24, 2.45) is 5.41 Å². The summed E-state index contributed by atoms with van der Waals surface area (Å²) in [5.41, 5.74) is 2.36. The number of para-hydroxylation sites is 1. The lowest BCUT2D eigenvalue weighted by Gasteiger charge is -2.69. The molecule has 0 radical (unpaired) electrons. The molecule has 5 heteroatoms. The van der Waals surface area contributed by atoms with E-state index in [0.717, 1.165) is 5.56 Å². The highest BCUT2D eigenvalue weighted by Gasteiger charge is 2.65. The van der Waals surface area contributed by atoms with E-state index < -0.39 is 8.24 Å². The summed E-state index contributed by atoms with van der Waals surface area (Å²) >= 11 is 0. The molecule has 0 spiro atoms. The van der Waals surface area contributed by atoms with Crippen molar-refractivity contribution in [3.8, 4) is 11.8 Å². The first-order chi connectivity index (χ1) is 17.5. The average molecular weight is 530 g/mol. The van der Waals surface area contributed by atoms with Gasteiger partial charge in [0.1, 0.15) is 0 Å². The van der Waals surface area contributed by atoms with Crippen LogP contribution in [0.15, 0.2) is 54.6 Å². The molecule has 2 aromatic carbocycles. The smallest absolute Gasteiger partial charge is 0.336 e. The Labute approximate surface area is 236 Å². The van der Waals surface area contributed by atoms with E-state index in [1.54, 1.807) is 0 Å². The third-order valence-corrected chi connectivity index (χ3v) is 11.6. The van der Waals surface area contributed by atoms with Crippen LogP contribution in [0.1, 0.15) is 81.7 Å². The highest BCUT2D eigenvalue weighted by molar-refractivity contribution is 6.94. The number of anilines is 1. The fourth-order valence-corrected chi connectivity index (χ4v) is 9.92. The molecule has 0 amide bonds. The van der Waals surface area contributed by atoms with Gasteiger partial charge in [-0.15, -0.1) is 0 Å². The lowest BCUT2D eigenvalue weighted by molar-refractivity contribution is 0.0776. The molecule has 1 aliphatic heterocycles. The Kier molecular flexibility index (Phi) is 9.03. The molecule has 0 N–H and O–H groups in total. The van der Waals surface area contributed by atoms with E-state index in [2.05, 4.69) is 170 Å². The zero-order chi connectivity index (χ0) is 28.6. The van der Waals surface area contributed by atoms with Gasteiger partial charge in [-0.25, -0.2) is 0 Å². The van der Waals surface area contributed by atoms with Gasteiger partial charge in [0.2, 0.25) is 0 Å². The van der Waals surface area contributed by atoms with Crippen molar-refractivity contribution < 1.29 is 0 Å². The SMILES string of the molecule is CC(C)N(B1C(N(c2ccccc2C#CC(C)(C)C)[Si](C)(C)c2ccccc2)C(C)(C)N1C(C)C)C(C)C. The normalized spacial score (nSPS) is 18.1. The average Bonchev–Trinajstić information content (AvgIpc) is 2.80. The molecule has 3 rings (SSSR count). The first-order valence-electron chi connectivity index (χ1n) is 14.5. The van der Waals surface area contributed by atoms with E-state index >= 15 is 0 Å². The number of hydrogen-bond donors (Lipinski definition) is 0. The summed E-state index contributed by atoms with van der Waals surface area (Å²) in [4.78, 5) is 5.49. The lowest BCUT2D eigenvalue weighted by Crippen LogP contribution is -2.90. The molecule has 3 nitrogen and oxygen atoms in total. The van der Waals surface area contributed by atoms with Gasteiger partial charge in [0.25, 0.3) is 0 Å². The number of hydrogen-bond acceptors (Lipinski definition) is 3. The predicted octanol–water partition coefficient (Wildman–Crippen LogP) is 7.02. The zero-order valence-electron chi connectivity index (χ0n) is 26.4. The monoisotopic (exact) mass is 529 g/mol. The zero-order valence-corrected chi connectivity index (χ0v) is 27.4. The van der Waals surface area contributed by atoms with Crippen LogP contribution < -0.4 is 9.75 Å². The van der Waals surface area contributed by atoms with Crippen LogP contribution in [0.2, 0.25) is 13.1 Å². The Bertz CT molecular complexity index is 1120. The van der Waals surface area contributed by atoms with Crippen LogP contribution in [-0.4, -0.2) is 54.4 Å². The minimum atomic E-state index is -2.19. The van der Waals surface area contributed by atoms with Crippen molar-refractivity contribution in [2.75, 3.05) is 4.57 Å². The van der Waals surface area contributed by atoms with Gasteiger partial charge in [0, 0.05) is 28.1 Å². The summed E-state index contributed by atoms with van der Waals surface area (Å²) in [5, 5.41) is 1.46. The summed E-state index contributed by atoms with van der Waals surface area (Å²) in [7, 11) is -2.19. The summed E-state index contributed by atoms with van der Waals surface area (Å²) in [6, 6.07) is 21.4. The molecule has 0 saturated carbocycles. The second-order valence-electron chi connectivity index (χ2n) is 14.0. The van der Waals surface area contributed by atoms with Crippen LogP contribution in [0.3, 0.4) is 0 Å². The molecule has 2 aromatic rings. The van der Waals surface area contributed by atoms with Gasteiger partial charge in [0.15, 0.2) is 8.24 Å². The van der Waals surface area contributed by atoms with E-state index in [9.17, 15) is 0 Å². The fraction of sp³-hybridized carbons (Fsp3) is 0.576. The molecule has 0 bridgehead atoms. The lowest BCUT2D eigenvalue weighted by atomic mass is 9.44. The van der Waals surface area contributed by atoms with Crippen LogP contribution >= 0.6 is 0 Å². The van der Waals surface area contributed by atoms with Crippen LogP contribution in [-0.2, 0) is 0 Å². The van der Waals surface area contributed by atoms with Crippen molar-refractivity contribution in [3.05, 3.63) is 60.2 Å². The Morgan fingerprint density at radius 1 is 0.868 bits per heavy atom. The Balaban J connectivity index is 2.34. The molecule has 1 saturated heterocycles. The van der Waals surface area contributed by atoms with E-state index in [4.69, 9.17) is 0 Å². The van der Waals surface area contributed by atoms with Crippen molar-refractivity contribution >= 4 is 26.1 Å². The molecule has 1 unspecified atom stereocenters. The minimum absolute atomic E-state index is 0.00944. The van der Waals surface area contributed by atoms with Gasteiger partial charge >= 0.3 is 6.98 Å². The third-order valence-electron chi connectivity index (χ3n) is 8.11. The fourth-order valence-electron chi connectivity index (χ4n) is 6.69. The van der Waals surface area contributed by atoms with Gasteiger partial charge in [-0.05, 0) is 83.2 Å². The van der Waals surface area contributed by atoms with Crippen molar-refractivity contribution in [3.63, 3.8) is 0 Å². The summed E-state index contributed by atoms with van der Waals surface area (Å²) < 4.78 is 2.86. The third kappa shape index (κ3) is 5.93. The van der Waals surface area contributed by atoms with Gasteiger partial charge < -0.3 is 14.2 Å². The largest absolute Gasteiger partial charge is 0.392 e. The Hall–Kier alpha value is -2.00. The maximum Gasteiger partial charge on any atom is 0.336 e. The summed E-state index contributed by atoms with van der Waals surface area (Å²) in [6.45, 7) is 31.0. The second-order valence-corrected chi connectivity index (χ2v) is 18.1. The predicted molar refractivity (Wildman–Crippen MR) is 172 cm³/mol. The summed E-state index contributed by atoms with van der Waals surface area (Å²) in [5.74, 6) is 7.46. The number of rotatable bonds is 8. The first kappa shape index (κ1) is 30.5. The maximum atomic E-state index is 3.61. The molecule has 1 heterocycles. The molecule has 38 heavy (non-hydrogen) atoms. The second kappa shape index (κ2) is 11.2. The Morgan fingerprint density at radius 2 is 1.39 bits per heavy atom. The molecule has 1 atom stereocenters. The van der Waals surface area contributed by atoms with Crippen molar-refractivity contribution in [2.45, 2.75) is 119 Å². The number of nitrogens with zero attached hydrogens (tertiary/aromatic N) is 3.